The van der Waals surface area contributed by atoms with E-state index in [4.69, 9.17) is 9.52 Å². The quantitative estimate of drug-likeness (QED) is 0.851. The maximum Gasteiger partial charge on any atom is 0.305 e. The molecule has 0 aliphatic heterocycles. The van der Waals surface area contributed by atoms with Crippen LogP contribution in [0.1, 0.15) is 24.0 Å². The van der Waals surface area contributed by atoms with Gasteiger partial charge in [-0.15, -0.1) is 11.3 Å². The van der Waals surface area contributed by atoms with Crippen molar-refractivity contribution in [3.05, 3.63) is 41.2 Å². The third-order valence-corrected chi connectivity index (χ3v) is 5.41. The second kappa shape index (κ2) is 5.78. The zero-order valence-electron chi connectivity index (χ0n) is 10.6. The van der Waals surface area contributed by atoms with Gasteiger partial charge in [0.1, 0.15) is 15.7 Å². The normalized spacial score (nSPS) is 13.2. The van der Waals surface area contributed by atoms with Crippen LogP contribution in [0.3, 0.4) is 0 Å². The second-order valence-electron chi connectivity index (χ2n) is 4.15. The second-order valence-corrected chi connectivity index (χ2v) is 7.04. The first-order valence-corrected chi connectivity index (χ1v) is 8.09. The van der Waals surface area contributed by atoms with Crippen molar-refractivity contribution in [2.75, 3.05) is 0 Å². The molecule has 0 aliphatic rings. The molecule has 2 aromatic heterocycles. The highest BCUT2D eigenvalue weighted by molar-refractivity contribution is 7.91. The van der Waals surface area contributed by atoms with E-state index in [0.29, 0.717) is 5.76 Å². The molecule has 8 heteroatoms. The summed E-state index contributed by atoms with van der Waals surface area (Å²) in [6, 6.07) is 5.36. The van der Waals surface area contributed by atoms with Crippen molar-refractivity contribution in [3.63, 3.8) is 0 Å². The number of furan rings is 1. The van der Waals surface area contributed by atoms with Crippen molar-refractivity contribution in [2.24, 2.45) is 0 Å². The average molecular weight is 315 g/mol. The Balaban J connectivity index is 2.27. The molecule has 6 nitrogen and oxygen atoms in total. The summed E-state index contributed by atoms with van der Waals surface area (Å²) in [6.07, 6.45) is -0.391. The van der Waals surface area contributed by atoms with Crippen LogP contribution in [-0.4, -0.2) is 19.5 Å². The van der Waals surface area contributed by atoms with Gasteiger partial charge in [-0.3, -0.25) is 4.79 Å². The van der Waals surface area contributed by atoms with Crippen molar-refractivity contribution in [1.29, 1.82) is 0 Å². The molecule has 2 heterocycles. The summed E-state index contributed by atoms with van der Waals surface area (Å²) in [5.74, 6) is -0.242. The van der Waals surface area contributed by atoms with Gasteiger partial charge >= 0.3 is 5.97 Å². The zero-order valence-corrected chi connectivity index (χ0v) is 12.2. The molecule has 0 radical (unpaired) electrons. The number of nitrogens with one attached hydrogen (secondary N) is 1. The Labute approximate surface area is 120 Å². The highest BCUT2D eigenvalue weighted by atomic mass is 32.2. The van der Waals surface area contributed by atoms with Gasteiger partial charge in [-0.25, -0.2) is 8.42 Å². The van der Waals surface area contributed by atoms with E-state index in [0.717, 1.165) is 11.3 Å². The Morgan fingerprint density at radius 3 is 2.70 bits per heavy atom. The molecular formula is C12H13NO5S2. The van der Waals surface area contributed by atoms with Gasteiger partial charge < -0.3 is 9.52 Å². The Morgan fingerprint density at radius 1 is 1.45 bits per heavy atom. The molecule has 0 saturated carbocycles. The molecule has 1 atom stereocenters. The van der Waals surface area contributed by atoms with E-state index in [2.05, 4.69) is 4.72 Å². The monoisotopic (exact) mass is 315 g/mol. The van der Waals surface area contributed by atoms with Crippen LogP contribution in [0.15, 0.2) is 38.3 Å². The van der Waals surface area contributed by atoms with Crippen molar-refractivity contribution in [3.8, 4) is 0 Å². The zero-order chi connectivity index (χ0) is 14.8. The predicted octanol–water partition coefficient (Wildman–Crippen LogP) is 2.14. The molecule has 0 aliphatic carbocycles. The van der Waals surface area contributed by atoms with Crippen molar-refractivity contribution in [1.82, 2.24) is 4.72 Å². The lowest BCUT2D eigenvalue weighted by Gasteiger charge is -2.14. The van der Waals surface area contributed by atoms with Crippen molar-refractivity contribution < 1.29 is 22.7 Å². The van der Waals surface area contributed by atoms with Gasteiger partial charge in [0.05, 0.1) is 12.5 Å². The lowest BCUT2D eigenvalue weighted by molar-refractivity contribution is -0.137. The first kappa shape index (κ1) is 14.8. The molecule has 0 amide bonds. The van der Waals surface area contributed by atoms with Crippen LogP contribution < -0.4 is 4.72 Å². The summed E-state index contributed by atoms with van der Waals surface area (Å²) in [4.78, 5) is 10.9. The Morgan fingerprint density at radius 2 is 2.20 bits per heavy atom. The van der Waals surface area contributed by atoms with Crippen LogP contribution in [0.25, 0.3) is 0 Å². The molecule has 0 saturated heterocycles. The van der Waals surface area contributed by atoms with Gasteiger partial charge in [-0.2, -0.15) is 4.72 Å². The predicted molar refractivity (Wildman–Crippen MR) is 73.1 cm³/mol. The number of sulfonamides is 1. The summed E-state index contributed by atoms with van der Waals surface area (Å²) in [7, 11) is -3.76. The largest absolute Gasteiger partial charge is 0.481 e. The first-order chi connectivity index (χ1) is 9.38. The van der Waals surface area contributed by atoms with Gasteiger partial charge in [-0.05, 0) is 30.5 Å². The molecule has 0 spiro atoms. The fourth-order valence-corrected chi connectivity index (χ4v) is 3.89. The summed E-state index contributed by atoms with van der Waals surface area (Å²) in [5.41, 5.74) is 0. The van der Waals surface area contributed by atoms with Gasteiger partial charge in [0.25, 0.3) is 10.0 Å². The molecule has 108 valence electrons. The van der Waals surface area contributed by atoms with E-state index in [1.54, 1.807) is 30.5 Å². The Hall–Kier alpha value is -1.64. The van der Waals surface area contributed by atoms with Crippen LogP contribution in [-0.2, 0) is 14.8 Å². The number of carboxylic acids is 1. The number of hydrogen-bond acceptors (Lipinski definition) is 5. The van der Waals surface area contributed by atoms with Crippen LogP contribution in [0.2, 0.25) is 0 Å². The number of aliphatic carboxylic acids is 1. The molecule has 0 aromatic carbocycles. The fourth-order valence-electron chi connectivity index (χ4n) is 1.68. The minimum atomic E-state index is -3.76. The molecule has 1 unspecified atom stereocenters. The first-order valence-electron chi connectivity index (χ1n) is 5.72. The number of carboxylic acid groups (broad SMARTS) is 1. The number of hydrogen-bond donors (Lipinski definition) is 2. The molecule has 2 aromatic rings. The molecule has 20 heavy (non-hydrogen) atoms. The highest BCUT2D eigenvalue weighted by Gasteiger charge is 2.26. The van der Waals surface area contributed by atoms with Gasteiger partial charge in [-0.1, -0.05) is 6.07 Å². The van der Waals surface area contributed by atoms with E-state index in [1.807, 2.05) is 0 Å². The third-order valence-electron chi connectivity index (χ3n) is 2.54. The van der Waals surface area contributed by atoms with E-state index in [1.165, 1.54) is 6.07 Å². The number of thiophene rings is 1. The fraction of sp³-hybridized carbons (Fsp3) is 0.250. The lowest BCUT2D eigenvalue weighted by atomic mass is 10.2. The van der Waals surface area contributed by atoms with Crippen molar-refractivity contribution in [2.45, 2.75) is 23.6 Å². The standard InChI is InChI=1S/C12H13NO5S2/c1-8-4-5-10(18-8)9(7-11(14)15)13-20(16,17)12-3-2-6-19-12/h2-6,9,13H,7H2,1H3,(H,14,15). The number of carbonyl (C=O) groups is 1. The van der Waals surface area contributed by atoms with Gasteiger partial charge in [0.15, 0.2) is 0 Å². The molecule has 0 bridgehead atoms. The van der Waals surface area contributed by atoms with E-state index < -0.39 is 28.5 Å². The lowest BCUT2D eigenvalue weighted by Crippen LogP contribution is -2.29. The maximum atomic E-state index is 12.1. The van der Waals surface area contributed by atoms with Crippen LogP contribution in [0.4, 0.5) is 0 Å². The minimum Gasteiger partial charge on any atom is -0.481 e. The smallest absolute Gasteiger partial charge is 0.305 e. The molecule has 0 fully saturated rings. The van der Waals surface area contributed by atoms with Crippen LogP contribution in [0.5, 0.6) is 0 Å². The SMILES string of the molecule is Cc1ccc(C(CC(=O)O)NS(=O)(=O)c2cccs2)o1. The third kappa shape index (κ3) is 3.47. The average Bonchev–Trinajstić information content (AvgIpc) is 2.97. The van der Waals surface area contributed by atoms with Crippen LogP contribution in [0, 0.1) is 6.92 Å². The molecule has 2 rings (SSSR count). The minimum absolute atomic E-state index is 0.135. The van der Waals surface area contributed by atoms with Gasteiger partial charge in [0.2, 0.25) is 0 Å². The van der Waals surface area contributed by atoms with Gasteiger partial charge in [0, 0.05) is 0 Å². The summed E-state index contributed by atoms with van der Waals surface area (Å²) in [5, 5.41) is 10.5. The number of rotatable bonds is 6. The topological polar surface area (TPSA) is 96.6 Å². The Bertz CT molecular complexity index is 687. The van der Waals surface area contributed by atoms with Crippen molar-refractivity contribution >= 4 is 27.3 Å². The molecular weight excluding hydrogens is 302 g/mol. The summed E-state index contributed by atoms with van der Waals surface area (Å²) in [6.45, 7) is 1.70. The summed E-state index contributed by atoms with van der Waals surface area (Å²) >= 11 is 1.06. The van der Waals surface area contributed by atoms with E-state index in [-0.39, 0.29) is 9.97 Å². The molecule has 2 N–H and O–H groups in total. The highest BCUT2D eigenvalue weighted by Crippen LogP contribution is 2.24. The number of aryl methyl sites for hydroxylation is 1. The van der Waals surface area contributed by atoms with E-state index in [9.17, 15) is 13.2 Å². The maximum absolute atomic E-state index is 12.1. The van der Waals surface area contributed by atoms with Crippen LogP contribution >= 0.6 is 11.3 Å². The summed E-state index contributed by atoms with van der Waals surface area (Å²) < 4.78 is 32.1. The Kier molecular flexibility index (Phi) is 4.26. The van der Waals surface area contributed by atoms with E-state index >= 15 is 0 Å².